The molecule has 0 aromatic heterocycles. The maximum absolute atomic E-state index is 13.0. The summed E-state index contributed by atoms with van der Waals surface area (Å²) in [5.41, 5.74) is 4.62. The number of methoxy groups -OCH3 is 1. The number of alkyl carbamates (subject to hydrolysis) is 1. The van der Waals surface area contributed by atoms with Crippen LogP contribution in [0.5, 0.6) is 0 Å². The number of carbonyl (C=O) groups is 2. The third-order valence-electron chi connectivity index (χ3n) is 9.26. The third kappa shape index (κ3) is 13.1. The molecule has 1 N–H and O–H groups in total. The van der Waals surface area contributed by atoms with Crippen molar-refractivity contribution in [1.82, 2.24) is 5.32 Å². The molecule has 1 aliphatic heterocycles. The fourth-order valence-electron chi connectivity index (χ4n) is 6.29. The van der Waals surface area contributed by atoms with Crippen molar-refractivity contribution in [2.45, 2.75) is 69.8 Å². The molecule has 298 valence electrons. The molecular formula is C46H49NO10. The Hall–Kier alpha value is -5.40. The van der Waals surface area contributed by atoms with Gasteiger partial charge in [-0.2, -0.15) is 0 Å². The van der Waals surface area contributed by atoms with E-state index in [-0.39, 0.29) is 39.6 Å². The zero-order valence-corrected chi connectivity index (χ0v) is 31.9. The van der Waals surface area contributed by atoms with Crippen LogP contribution in [0.15, 0.2) is 152 Å². The predicted octanol–water partition coefficient (Wildman–Crippen LogP) is 7.17. The summed E-state index contributed by atoms with van der Waals surface area (Å²) in [5.74, 6) is -0.729. The van der Waals surface area contributed by atoms with Gasteiger partial charge in [0.05, 0.1) is 46.8 Å². The topological polar surface area (TPSA) is 120 Å². The summed E-state index contributed by atoms with van der Waals surface area (Å²) in [6.07, 6.45) is -4.94. The number of rotatable bonds is 20. The third-order valence-corrected chi connectivity index (χ3v) is 9.26. The molecule has 5 aromatic rings. The van der Waals surface area contributed by atoms with Gasteiger partial charge < -0.3 is 43.2 Å². The molecule has 1 unspecified atom stereocenters. The van der Waals surface area contributed by atoms with Gasteiger partial charge in [-0.3, -0.25) is 0 Å². The number of nitrogens with one attached hydrogen (secondary N) is 1. The first kappa shape index (κ1) is 41.2. The lowest BCUT2D eigenvalue weighted by molar-refractivity contribution is -0.329. The van der Waals surface area contributed by atoms with Crippen molar-refractivity contribution in [2.24, 2.45) is 0 Å². The minimum Gasteiger partial charge on any atom is -0.467 e. The highest BCUT2D eigenvalue weighted by molar-refractivity contribution is 5.81. The van der Waals surface area contributed by atoms with Gasteiger partial charge >= 0.3 is 12.1 Å². The van der Waals surface area contributed by atoms with Gasteiger partial charge in [-0.15, -0.1) is 0 Å². The lowest BCUT2D eigenvalue weighted by Gasteiger charge is -2.46. The zero-order valence-electron chi connectivity index (χ0n) is 31.9. The highest BCUT2D eigenvalue weighted by atomic mass is 16.7. The molecule has 6 rings (SSSR count). The fourth-order valence-corrected chi connectivity index (χ4v) is 6.29. The lowest BCUT2D eigenvalue weighted by Crippen LogP contribution is -2.62. The normalized spacial score (nSPS) is 19.6. The predicted molar refractivity (Wildman–Crippen MR) is 211 cm³/mol. The van der Waals surface area contributed by atoms with E-state index in [1.165, 1.54) is 7.11 Å². The van der Waals surface area contributed by atoms with Crippen LogP contribution < -0.4 is 5.32 Å². The molecule has 0 saturated carbocycles. The average molecular weight is 776 g/mol. The van der Waals surface area contributed by atoms with Crippen LogP contribution >= 0.6 is 0 Å². The molecule has 0 radical (unpaired) electrons. The van der Waals surface area contributed by atoms with E-state index in [9.17, 15) is 9.59 Å². The van der Waals surface area contributed by atoms with Crippen molar-refractivity contribution in [3.05, 3.63) is 179 Å². The van der Waals surface area contributed by atoms with Gasteiger partial charge in [-0.1, -0.05) is 152 Å². The van der Waals surface area contributed by atoms with Gasteiger partial charge in [-0.25, -0.2) is 9.59 Å². The van der Waals surface area contributed by atoms with E-state index in [1.807, 2.05) is 152 Å². The van der Waals surface area contributed by atoms with Crippen molar-refractivity contribution in [3.8, 4) is 0 Å². The molecule has 5 aromatic carbocycles. The Morgan fingerprint density at radius 2 is 0.965 bits per heavy atom. The number of amides is 1. The second-order valence-corrected chi connectivity index (χ2v) is 13.4. The number of esters is 1. The van der Waals surface area contributed by atoms with Crippen molar-refractivity contribution in [3.63, 3.8) is 0 Å². The first-order valence-electron chi connectivity index (χ1n) is 19.0. The summed E-state index contributed by atoms with van der Waals surface area (Å²) in [4.78, 5) is 25.9. The van der Waals surface area contributed by atoms with Gasteiger partial charge in [-0.05, 0) is 27.8 Å². The summed E-state index contributed by atoms with van der Waals surface area (Å²) >= 11 is 0. The van der Waals surface area contributed by atoms with Crippen LogP contribution in [-0.2, 0) is 75.7 Å². The number of benzene rings is 5. The Morgan fingerprint density at radius 1 is 0.544 bits per heavy atom. The van der Waals surface area contributed by atoms with Crippen molar-refractivity contribution < 1.29 is 47.5 Å². The molecule has 57 heavy (non-hydrogen) atoms. The molecule has 1 heterocycles. The summed E-state index contributed by atoms with van der Waals surface area (Å²) in [7, 11) is 1.23. The molecule has 1 aliphatic rings. The van der Waals surface area contributed by atoms with Crippen molar-refractivity contribution >= 4 is 12.1 Å². The lowest BCUT2D eigenvalue weighted by atomic mass is 9.97. The van der Waals surface area contributed by atoms with E-state index in [0.29, 0.717) is 6.61 Å². The number of hydrogen-bond acceptors (Lipinski definition) is 10. The van der Waals surface area contributed by atoms with E-state index in [1.54, 1.807) is 0 Å². The zero-order chi connectivity index (χ0) is 39.5. The minimum atomic E-state index is -1.24. The van der Waals surface area contributed by atoms with Gasteiger partial charge in [0.1, 0.15) is 31.0 Å². The summed E-state index contributed by atoms with van der Waals surface area (Å²) in [6, 6.07) is 47.2. The van der Waals surface area contributed by atoms with Crippen LogP contribution in [0.4, 0.5) is 4.79 Å². The first-order chi connectivity index (χ1) is 28.1. The van der Waals surface area contributed by atoms with Crippen molar-refractivity contribution in [2.75, 3.05) is 20.3 Å². The Bertz CT molecular complexity index is 1890. The van der Waals surface area contributed by atoms with Crippen LogP contribution in [-0.4, -0.2) is 69.1 Å². The highest BCUT2D eigenvalue weighted by Gasteiger charge is 2.49. The number of ether oxygens (including phenoxy) is 8. The summed E-state index contributed by atoms with van der Waals surface area (Å²) in [5, 5.41) is 2.58. The second-order valence-electron chi connectivity index (χ2n) is 13.4. The molecule has 1 amide bonds. The Labute approximate surface area is 333 Å². The van der Waals surface area contributed by atoms with E-state index < -0.39 is 48.8 Å². The van der Waals surface area contributed by atoms with E-state index in [2.05, 4.69) is 5.32 Å². The molecule has 6 atom stereocenters. The van der Waals surface area contributed by atoms with E-state index in [4.69, 9.17) is 37.9 Å². The number of hydrogen-bond donors (Lipinski definition) is 1. The Morgan fingerprint density at radius 3 is 1.44 bits per heavy atom. The maximum Gasteiger partial charge on any atom is 0.408 e. The van der Waals surface area contributed by atoms with Crippen LogP contribution in [0.1, 0.15) is 27.8 Å². The molecule has 0 aliphatic carbocycles. The Kier molecular flexibility index (Phi) is 16.2. The molecule has 11 heteroatoms. The van der Waals surface area contributed by atoms with E-state index in [0.717, 1.165) is 27.8 Å². The quantitative estimate of drug-likeness (QED) is 0.0816. The van der Waals surface area contributed by atoms with E-state index >= 15 is 0 Å². The highest BCUT2D eigenvalue weighted by Crippen LogP contribution is 2.32. The molecule has 1 fully saturated rings. The molecule has 0 spiro atoms. The molecule has 1 saturated heterocycles. The largest absolute Gasteiger partial charge is 0.467 e. The van der Waals surface area contributed by atoms with Crippen molar-refractivity contribution in [1.29, 1.82) is 0 Å². The monoisotopic (exact) mass is 775 g/mol. The Balaban J connectivity index is 1.27. The SMILES string of the molecule is COC(=O)[C@H](COC1O[C@H](COCc2ccccc2)[C@@H](OCc2ccccc2)[C@H](OCc2ccccc2)[C@H]1OCc1ccccc1)NC(=O)OCc1ccccc1. The molecule has 11 nitrogen and oxygen atoms in total. The van der Waals surface area contributed by atoms with Crippen LogP contribution in [0.25, 0.3) is 0 Å². The maximum atomic E-state index is 13.0. The average Bonchev–Trinajstić information content (AvgIpc) is 3.27. The second kappa shape index (κ2) is 22.4. The first-order valence-corrected chi connectivity index (χ1v) is 19.0. The van der Waals surface area contributed by atoms with Crippen LogP contribution in [0.2, 0.25) is 0 Å². The van der Waals surface area contributed by atoms with Crippen LogP contribution in [0, 0.1) is 0 Å². The molecular weight excluding hydrogens is 727 g/mol. The van der Waals surface area contributed by atoms with Gasteiger partial charge in [0.2, 0.25) is 0 Å². The number of carbonyl (C=O) groups excluding carboxylic acids is 2. The van der Waals surface area contributed by atoms with Gasteiger partial charge in [0.15, 0.2) is 12.3 Å². The van der Waals surface area contributed by atoms with Gasteiger partial charge in [0, 0.05) is 0 Å². The summed E-state index contributed by atoms with van der Waals surface area (Å²) in [6.45, 7) is 0.845. The smallest absolute Gasteiger partial charge is 0.408 e. The summed E-state index contributed by atoms with van der Waals surface area (Å²) < 4.78 is 49.9. The van der Waals surface area contributed by atoms with Gasteiger partial charge in [0.25, 0.3) is 0 Å². The van der Waals surface area contributed by atoms with Crippen LogP contribution in [0.3, 0.4) is 0 Å². The minimum absolute atomic E-state index is 0.0119. The standard InChI is InChI=1S/C46H49NO10/c1-50-44(48)39(47-46(49)56-31-38-25-15-6-16-26-38)32-55-45-43(54-30-37-23-13-5-14-24-37)42(53-29-36-21-11-4-12-22-36)41(52-28-35-19-9-3-10-20-35)40(57-45)33-51-27-34-17-7-2-8-18-34/h2-26,39-43,45H,27-33H2,1H3,(H,47,49)/t39-,40+,41+,42-,43+,45?/m0/s1. The molecule has 0 bridgehead atoms. The fraction of sp³-hybridized carbons (Fsp3) is 0.304.